The third-order valence-electron chi connectivity index (χ3n) is 6.32. The first-order valence-corrected chi connectivity index (χ1v) is 11.9. The quantitative estimate of drug-likeness (QED) is 0.501. The first kappa shape index (κ1) is 24.3. The van der Waals surface area contributed by atoms with E-state index >= 15 is 0 Å². The van der Waals surface area contributed by atoms with Gasteiger partial charge in [-0.05, 0) is 54.8 Å². The number of aromatic nitrogens is 1. The van der Waals surface area contributed by atoms with Crippen LogP contribution in [0.2, 0.25) is 0 Å². The van der Waals surface area contributed by atoms with E-state index in [0.717, 1.165) is 25.7 Å². The second-order valence-electron chi connectivity index (χ2n) is 8.59. The Kier molecular flexibility index (Phi) is 7.98. The van der Waals surface area contributed by atoms with Crippen molar-refractivity contribution in [1.29, 1.82) is 0 Å². The van der Waals surface area contributed by atoms with Crippen molar-refractivity contribution in [2.24, 2.45) is 0 Å². The van der Waals surface area contributed by atoms with Gasteiger partial charge in [-0.1, -0.05) is 49.6 Å². The zero-order valence-electron chi connectivity index (χ0n) is 20.1. The number of carbonyl (C=O) groups is 2. The van der Waals surface area contributed by atoms with Gasteiger partial charge in [0.05, 0.1) is 14.2 Å². The van der Waals surface area contributed by atoms with Gasteiger partial charge in [-0.25, -0.2) is 0 Å². The number of anilines is 1. The smallest absolute Gasteiger partial charge is 0.277 e. The Labute approximate surface area is 206 Å². The van der Waals surface area contributed by atoms with Crippen LogP contribution in [0.25, 0.3) is 0 Å². The second-order valence-corrected chi connectivity index (χ2v) is 8.59. The van der Waals surface area contributed by atoms with Gasteiger partial charge in [-0.2, -0.15) is 0 Å². The number of hydrogen-bond acceptors (Lipinski definition) is 5. The fourth-order valence-electron chi connectivity index (χ4n) is 4.55. The van der Waals surface area contributed by atoms with Crippen LogP contribution in [0.5, 0.6) is 11.5 Å². The summed E-state index contributed by atoms with van der Waals surface area (Å²) in [5, 5.41) is 3.21. The summed E-state index contributed by atoms with van der Waals surface area (Å²) in [6, 6.07) is 18.8. The number of ether oxygens (including phenoxy) is 2. The zero-order valence-corrected chi connectivity index (χ0v) is 20.1. The first-order valence-electron chi connectivity index (χ1n) is 11.9. The van der Waals surface area contributed by atoms with Gasteiger partial charge in [0, 0.05) is 17.9 Å². The molecule has 0 aliphatic heterocycles. The molecule has 1 fully saturated rings. The molecular formula is C28H31N3O4. The molecular weight excluding hydrogens is 442 g/mol. The van der Waals surface area contributed by atoms with Crippen LogP contribution in [0, 0.1) is 0 Å². The maximum Gasteiger partial charge on any atom is 0.277 e. The Bertz CT molecular complexity index is 1130. The lowest BCUT2D eigenvalue weighted by atomic mass is 9.94. The van der Waals surface area contributed by atoms with Crippen LogP contribution in [-0.4, -0.2) is 37.1 Å². The average Bonchev–Trinajstić information content (AvgIpc) is 2.92. The molecule has 1 N–H and O–H groups in total. The summed E-state index contributed by atoms with van der Waals surface area (Å²) in [4.78, 5) is 33.6. The molecule has 1 aliphatic carbocycles. The van der Waals surface area contributed by atoms with Gasteiger partial charge in [0.1, 0.15) is 11.7 Å². The molecule has 0 saturated heterocycles. The molecule has 0 radical (unpaired) electrons. The first-order chi connectivity index (χ1) is 17.1. The summed E-state index contributed by atoms with van der Waals surface area (Å²) in [6.45, 7) is 0. The van der Waals surface area contributed by atoms with Crippen LogP contribution in [0.4, 0.5) is 5.69 Å². The van der Waals surface area contributed by atoms with E-state index in [0.29, 0.717) is 22.7 Å². The minimum atomic E-state index is -0.936. The highest BCUT2D eigenvalue weighted by Crippen LogP contribution is 2.35. The Balaban J connectivity index is 1.82. The number of amides is 2. The highest BCUT2D eigenvalue weighted by molar-refractivity contribution is 6.09. The number of nitrogens with zero attached hydrogens (tertiary/aromatic N) is 2. The highest BCUT2D eigenvalue weighted by Gasteiger charge is 2.35. The van der Waals surface area contributed by atoms with Gasteiger partial charge in [-0.3, -0.25) is 19.5 Å². The van der Waals surface area contributed by atoms with Crippen molar-refractivity contribution in [3.63, 3.8) is 0 Å². The average molecular weight is 474 g/mol. The maximum absolute atomic E-state index is 13.9. The summed E-state index contributed by atoms with van der Waals surface area (Å²) >= 11 is 0. The Morgan fingerprint density at radius 1 is 0.914 bits per heavy atom. The minimum absolute atomic E-state index is 0.0847. The van der Waals surface area contributed by atoms with E-state index in [1.54, 1.807) is 56.8 Å². The number of rotatable bonds is 8. The fraction of sp³-hybridized carbons (Fsp3) is 0.321. The predicted molar refractivity (Wildman–Crippen MR) is 135 cm³/mol. The predicted octanol–water partition coefficient (Wildman–Crippen LogP) is 4.94. The van der Waals surface area contributed by atoms with E-state index in [4.69, 9.17) is 9.47 Å². The Hall–Kier alpha value is -3.87. The third-order valence-corrected chi connectivity index (χ3v) is 6.32. The number of nitrogens with one attached hydrogen (secondary N) is 1. The van der Waals surface area contributed by atoms with Crippen LogP contribution in [-0.2, 0) is 4.79 Å². The van der Waals surface area contributed by atoms with Gasteiger partial charge >= 0.3 is 0 Å². The highest BCUT2D eigenvalue weighted by atomic mass is 16.5. The number of methoxy groups -OCH3 is 2. The minimum Gasteiger partial charge on any atom is -0.493 e. The molecule has 7 nitrogen and oxygen atoms in total. The molecule has 0 unspecified atom stereocenters. The number of pyridine rings is 1. The van der Waals surface area contributed by atoms with Gasteiger partial charge in [0.25, 0.3) is 5.91 Å². The third kappa shape index (κ3) is 5.62. The molecule has 2 aromatic carbocycles. The van der Waals surface area contributed by atoms with Crippen molar-refractivity contribution in [3.8, 4) is 11.5 Å². The fourth-order valence-corrected chi connectivity index (χ4v) is 4.55. The van der Waals surface area contributed by atoms with Crippen LogP contribution >= 0.6 is 0 Å². The van der Waals surface area contributed by atoms with Gasteiger partial charge in [-0.15, -0.1) is 0 Å². The molecule has 0 spiro atoms. The summed E-state index contributed by atoms with van der Waals surface area (Å²) in [5.74, 6) is 0.427. The van der Waals surface area contributed by atoms with Crippen LogP contribution in [0.15, 0.2) is 72.9 Å². The number of carbonyl (C=O) groups excluding carboxylic acids is 2. The number of benzene rings is 2. The van der Waals surface area contributed by atoms with E-state index in [9.17, 15) is 9.59 Å². The van der Waals surface area contributed by atoms with Crippen LogP contribution in [0.1, 0.15) is 54.2 Å². The number of para-hydroxylation sites is 1. The molecule has 3 aromatic rings. The SMILES string of the molecule is COc1ccc([C@H](C(=O)NC2CCCCC2)N(C(=O)c2ccccn2)c2ccccc2)cc1OC. The Morgan fingerprint density at radius 3 is 2.29 bits per heavy atom. The summed E-state index contributed by atoms with van der Waals surface area (Å²) in [6.07, 6.45) is 6.79. The van der Waals surface area contributed by atoms with Crippen molar-refractivity contribution >= 4 is 17.5 Å². The maximum atomic E-state index is 13.9. The van der Waals surface area contributed by atoms with Crippen molar-refractivity contribution < 1.29 is 19.1 Å². The topological polar surface area (TPSA) is 80.8 Å². The van der Waals surface area contributed by atoms with Crippen molar-refractivity contribution in [2.75, 3.05) is 19.1 Å². The van der Waals surface area contributed by atoms with Crippen LogP contribution < -0.4 is 19.7 Å². The van der Waals surface area contributed by atoms with Crippen LogP contribution in [0.3, 0.4) is 0 Å². The molecule has 4 rings (SSSR count). The molecule has 7 heteroatoms. The lowest BCUT2D eigenvalue weighted by Gasteiger charge is -2.33. The van der Waals surface area contributed by atoms with E-state index in [1.165, 1.54) is 11.3 Å². The molecule has 1 aliphatic rings. The van der Waals surface area contributed by atoms with E-state index in [1.807, 2.05) is 30.3 Å². The van der Waals surface area contributed by atoms with Gasteiger partial charge < -0.3 is 14.8 Å². The molecule has 1 heterocycles. The number of hydrogen-bond donors (Lipinski definition) is 1. The molecule has 0 bridgehead atoms. The van der Waals surface area contributed by atoms with Gasteiger partial charge in [0.2, 0.25) is 5.91 Å². The Morgan fingerprint density at radius 2 is 1.63 bits per heavy atom. The van der Waals surface area contributed by atoms with Crippen molar-refractivity contribution in [2.45, 2.75) is 44.2 Å². The molecule has 182 valence electrons. The van der Waals surface area contributed by atoms with Gasteiger partial charge in [0.15, 0.2) is 11.5 Å². The second kappa shape index (κ2) is 11.5. The molecule has 1 saturated carbocycles. The normalized spacial score (nSPS) is 14.6. The monoisotopic (exact) mass is 473 g/mol. The lowest BCUT2D eigenvalue weighted by molar-refractivity contribution is -0.123. The largest absolute Gasteiger partial charge is 0.493 e. The van der Waals surface area contributed by atoms with Crippen molar-refractivity contribution in [3.05, 3.63) is 84.2 Å². The zero-order chi connectivity index (χ0) is 24.6. The summed E-state index contributed by atoms with van der Waals surface area (Å²) in [5.41, 5.74) is 1.47. The molecule has 35 heavy (non-hydrogen) atoms. The van der Waals surface area contributed by atoms with Crippen molar-refractivity contribution in [1.82, 2.24) is 10.3 Å². The van der Waals surface area contributed by atoms with E-state index in [2.05, 4.69) is 10.3 Å². The summed E-state index contributed by atoms with van der Waals surface area (Å²) in [7, 11) is 3.11. The molecule has 1 atom stereocenters. The molecule has 1 aromatic heterocycles. The standard InChI is InChI=1S/C28H31N3O4/c1-34-24-17-16-20(19-25(24)35-2)26(27(32)30-21-11-5-3-6-12-21)31(22-13-7-4-8-14-22)28(33)23-15-9-10-18-29-23/h4,7-10,13-19,21,26H,3,5-6,11-12H2,1-2H3,(H,30,32)/t26-/m1/s1. The summed E-state index contributed by atoms with van der Waals surface area (Å²) < 4.78 is 10.9. The van der Waals surface area contributed by atoms with E-state index < -0.39 is 6.04 Å². The molecule has 2 amide bonds. The lowest BCUT2D eigenvalue weighted by Crippen LogP contribution is -2.47. The van der Waals surface area contributed by atoms with E-state index in [-0.39, 0.29) is 23.6 Å².